The molecule has 2 aromatic rings. The maximum absolute atomic E-state index is 14.0. The third-order valence-corrected chi connectivity index (χ3v) is 4.29. The lowest BCUT2D eigenvalue weighted by atomic mass is 10.1. The summed E-state index contributed by atoms with van der Waals surface area (Å²) >= 11 is 4.82. The van der Waals surface area contributed by atoms with Crippen LogP contribution in [0.15, 0.2) is 50.9 Å². The summed E-state index contributed by atoms with van der Waals surface area (Å²) in [4.78, 5) is 5.19. The van der Waals surface area contributed by atoms with Crippen LogP contribution in [0.2, 0.25) is 0 Å². The predicted octanol–water partition coefficient (Wildman–Crippen LogP) is 4.41. The lowest BCUT2D eigenvalue weighted by molar-refractivity contribution is 0.552. The minimum atomic E-state index is -0.191. The zero-order valence-electron chi connectivity index (χ0n) is 10.7. The molecule has 0 fully saturated rings. The second-order valence-electron chi connectivity index (χ2n) is 4.08. The molecular weight excluding hydrogens is 327 g/mol. The van der Waals surface area contributed by atoms with E-state index >= 15 is 0 Å². The molecule has 2 nitrogen and oxygen atoms in total. The van der Waals surface area contributed by atoms with Gasteiger partial charge in [0.25, 0.3) is 0 Å². The Morgan fingerprint density at radius 3 is 2.74 bits per heavy atom. The molecule has 0 saturated carbocycles. The molecule has 1 atom stereocenters. The van der Waals surface area contributed by atoms with Crippen LogP contribution in [-0.2, 0) is 0 Å². The maximum atomic E-state index is 14.0. The van der Waals surface area contributed by atoms with E-state index in [1.807, 2.05) is 32.2 Å². The van der Waals surface area contributed by atoms with Gasteiger partial charge in [-0.25, -0.2) is 9.37 Å². The molecule has 1 aromatic carbocycles. The Morgan fingerprint density at radius 1 is 1.32 bits per heavy atom. The Labute approximate surface area is 125 Å². The molecule has 100 valence electrons. The lowest BCUT2D eigenvalue weighted by Gasteiger charge is -2.16. The highest BCUT2D eigenvalue weighted by Crippen LogP contribution is 2.33. The monoisotopic (exact) mass is 340 g/mol. The van der Waals surface area contributed by atoms with E-state index in [9.17, 15) is 4.39 Å². The van der Waals surface area contributed by atoms with E-state index in [0.29, 0.717) is 5.56 Å². The molecule has 1 heterocycles. The molecule has 0 spiro atoms. The molecule has 2 rings (SSSR count). The van der Waals surface area contributed by atoms with Crippen LogP contribution in [0.3, 0.4) is 0 Å². The summed E-state index contributed by atoms with van der Waals surface area (Å²) in [6.45, 7) is 1.94. The molecule has 0 amide bonds. The Morgan fingerprint density at radius 2 is 2.11 bits per heavy atom. The largest absolute Gasteiger partial charge is 0.313 e. The Kier molecular flexibility index (Phi) is 4.96. The highest BCUT2D eigenvalue weighted by atomic mass is 79.9. The van der Waals surface area contributed by atoms with Gasteiger partial charge in [-0.2, -0.15) is 0 Å². The SMILES string of the molecule is CNC(C)c1c(F)cccc1Sc1ccc(Br)cn1. The van der Waals surface area contributed by atoms with Crippen LogP contribution in [0, 0.1) is 5.82 Å². The second kappa shape index (κ2) is 6.50. The van der Waals surface area contributed by atoms with Gasteiger partial charge in [-0.05, 0) is 54.2 Å². The average molecular weight is 341 g/mol. The zero-order chi connectivity index (χ0) is 13.8. The molecule has 0 aliphatic carbocycles. The topological polar surface area (TPSA) is 24.9 Å². The van der Waals surface area contributed by atoms with E-state index in [0.717, 1.165) is 14.4 Å². The highest BCUT2D eigenvalue weighted by Gasteiger charge is 2.15. The summed E-state index contributed by atoms with van der Waals surface area (Å²) in [5, 5.41) is 3.92. The van der Waals surface area contributed by atoms with Gasteiger partial charge in [0, 0.05) is 27.2 Å². The van der Waals surface area contributed by atoms with Crippen molar-refractivity contribution in [1.29, 1.82) is 0 Å². The van der Waals surface area contributed by atoms with E-state index < -0.39 is 0 Å². The number of hydrogen-bond acceptors (Lipinski definition) is 3. The van der Waals surface area contributed by atoms with E-state index in [-0.39, 0.29) is 11.9 Å². The minimum Gasteiger partial charge on any atom is -0.313 e. The van der Waals surface area contributed by atoms with Crippen molar-refractivity contribution < 1.29 is 4.39 Å². The number of rotatable bonds is 4. The molecule has 0 aliphatic rings. The third-order valence-electron chi connectivity index (χ3n) is 2.79. The first-order valence-corrected chi connectivity index (χ1v) is 7.48. The summed E-state index contributed by atoms with van der Waals surface area (Å²) in [5.74, 6) is -0.191. The molecule has 0 radical (unpaired) electrons. The lowest BCUT2D eigenvalue weighted by Crippen LogP contribution is -2.14. The maximum Gasteiger partial charge on any atom is 0.129 e. The number of nitrogens with zero attached hydrogens (tertiary/aromatic N) is 1. The van der Waals surface area contributed by atoms with Gasteiger partial charge >= 0.3 is 0 Å². The Balaban J connectivity index is 2.34. The summed E-state index contributed by atoms with van der Waals surface area (Å²) in [6.07, 6.45) is 1.74. The van der Waals surface area contributed by atoms with Crippen molar-refractivity contribution in [3.05, 3.63) is 52.4 Å². The van der Waals surface area contributed by atoms with Gasteiger partial charge in [-0.15, -0.1) is 0 Å². The fourth-order valence-electron chi connectivity index (χ4n) is 1.71. The molecule has 5 heteroatoms. The first-order valence-electron chi connectivity index (χ1n) is 5.87. The van der Waals surface area contributed by atoms with Crippen molar-refractivity contribution in [3.8, 4) is 0 Å². The van der Waals surface area contributed by atoms with E-state index in [1.165, 1.54) is 17.8 Å². The van der Waals surface area contributed by atoms with Crippen LogP contribution in [-0.4, -0.2) is 12.0 Å². The van der Waals surface area contributed by atoms with Crippen molar-refractivity contribution in [2.75, 3.05) is 7.05 Å². The fraction of sp³-hybridized carbons (Fsp3) is 0.214. The van der Waals surface area contributed by atoms with Crippen LogP contribution in [0.5, 0.6) is 0 Å². The quantitative estimate of drug-likeness (QED) is 0.891. The van der Waals surface area contributed by atoms with E-state index in [4.69, 9.17) is 0 Å². The van der Waals surface area contributed by atoms with Crippen molar-refractivity contribution in [2.24, 2.45) is 0 Å². The number of hydrogen-bond donors (Lipinski definition) is 1. The average Bonchev–Trinajstić information content (AvgIpc) is 2.41. The number of halogens is 2. The number of pyridine rings is 1. The van der Waals surface area contributed by atoms with Crippen molar-refractivity contribution in [1.82, 2.24) is 10.3 Å². The van der Waals surface area contributed by atoms with Gasteiger partial charge in [0.1, 0.15) is 10.8 Å². The Hall–Kier alpha value is -0.910. The van der Waals surface area contributed by atoms with Gasteiger partial charge < -0.3 is 5.32 Å². The highest BCUT2D eigenvalue weighted by molar-refractivity contribution is 9.10. The van der Waals surface area contributed by atoms with Gasteiger partial charge in [-0.1, -0.05) is 17.8 Å². The molecule has 1 aromatic heterocycles. The molecule has 19 heavy (non-hydrogen) atoms. The molecule has 0 bridgehead atoms. The summed E-state index contributed by atoms with van der Waals surface area (Å²) in [6, 6.07) is 8.92. The first-order chi connectivity index (χ1) is 9.11. The van der Waals surface area contributed by atoms with Crippen LogP contribution in [0.25, 0.3) is 0 Å². The van der Waals surface area contributed by atoms with Gasteiger partial charge in [-0.3, -0.25) is 0 Å². The van der Waals surface area contributed by atoms with Crippen molar-refractivity contribution >= 4 is 27.7 Å². The predicted molar refractivity (Wildman–Crippen MR) is 79.9 cm³/mol. The number of benzene rings is 1. The molecule has 1 N–H and O–H groups in total. The standard InChI is InChI=1S/C14H14BrFN2S/c1-9(17-2)14-11(16)4-3-5-12(14)19-13-7-6-10(15)8-18-13/h3-9,17H,1-2H3. The van der Waals surface area contributed by atoms with Crippen molar-refractivity contribution in [2.45, 2.75) is 22.9 Å². The van der Waals surface area contributed by atoms with Crippen LogP contribution in [0.4, 0.5) is 4.39 Å². The van der Waals surface area contributed by atoms with Gasteiger partial charge in [0.15, 0.2) is 0 Å². The van der Waals surface area contributed by atoms with Crippen LogP contribution in [0.1, 0.15) is 18.5 Å². The second-order valence-corrected chi connectivity index (χ2v) is 6.06. The summed E-state index contributed by atoms with van der Waals surface area (Å²) in [5.41, 5.74) is 0.680. The minimum absolute atomic E-state index is 0.0425. The normalized spacial score (nSPS) is 12.4. The fourth-order valence-corrected chi connectivity index (χ4v) is 2.94. The molecule has 0 saturated heterocycles. The van der Waals surface area contributed by atoms with Crippen molar-refractivity contribution in [3.63, 3.8) is 0 Å². The number of nitrogens with one attached hydrogen (secondary N) is 1. The smallest absolute Gasteiger partial charge is 0.129 e. The van der Waals surface area contributed by atoms with Crippen LogP contribution >= 0.6 is 27.7 Å². The van der Waals surface area contributed by atoms with Crippen LogP contribution < -0.4 is 5.32 Å². The first kappa shape index (κ1) is 14.5. The summed E-state index contributed by atoms with van der Waals surface area (Å²) < 4.78 is 14.9. The zero-order valence-corrected chi connectivity index (χ0v) is 13.1. The molecule has 1 unspecified atom stereocenters. The van der Waals surface area contributed by atoms with Gasteiger partial charge in [0.05, 0.1) is 0 Å². The van der Waals surface area contributed by atoms with Gasteiger partial charge in [0.2, 0.25) is 0 Å². The van der Waals surface area contributed by atoms with E-state index in [1.54, 1.807) is 12.3 Å². The summed E-state index contributed by atoms with van der Waals surface area (Å²) in [7, 11) is 1.82. The Bertz CT molecular complexity index is 560. The number of aromatic nitrogens is 1. The third kappa shape index (κ3) is 3.55. The molecule has 0 aliphatic heterocycles. The van der Waals surface area contributed by atoms with E-state index in [2.05, 4.69) is 26.2 Å². The molecular formula is C14H14BrFN2S.